The Labute approximate surface area is 346 Å². The molecule has 14 heteroatoms. The third-order valence-corrected chi connectivity index (χ3v) is 9.91. The summed E-state index contributed by atoms with van der Waals surface area (Å²) in [6, 6.07) is 20.3. The van der Waals surface area contributed by atoms with E-state index in [0.717, 1.165) is 33.7 Å². The van der Waals surface area contributed by atoms with Crippen molar-refractivity contribution in [3.8, 4) is 11.5 Å². The van der Waals surface area contributed by atoms with E-state index >= 15 is 0 Å². The van der Waals surface area contributed by atoms with Crippen LogP contribution in [0.5, 0.6) is 11.5 Å². The van der Waals surface area contributed by atoms with Crippen molar-refractivity contribution in [3.05, 3.63) is 109 Å². The van der Waals surface area contributed by atoms with Crippen molar-refractivity contribution in [1.82, 2.24) is 0 Å². The maximum atomic E-state index is 13.2. The summed E-state index contributed by atoms with van der Waals surface area (Å²) < 4.78 is 44.3. The van der Waals surface area contributed by atoms with Gasteiger partial charge < -0.3 is 37.9 Å². The molecule has 4 atom stereocenters. The van der Waals surface area contributed by atoms with Crippen molar-refractivity contribution in [2.45, 2.75) is 75.8 Å². The lowest BCUT2D eigenvalue weighted by Gasteiger charge is -2.17. The van der Waals surface area contributed by atoms with Gasteiger partial charge in [0.2, 0.25) is 0 Å². The van der Waals surface area contributed by atoms with E-state index in [1.165, 1.54) is 0 Å². The number of hydrogen-bond acceptors (Lipinski definition) is 14. The number of esters is 6. The second kappa shape index (κ2) is 21.0. The number of rotatable bonds is 20. The van der Waals surface area contributed by atoms with Crippen LogP contribution in [0.2, 0.25) is 0 Å². The highest BCUT2D eigenvalue weighted by atomic mass is 16.7. The number of benzene rings is 4. The molecular weight excluding hydrogens is 776 g/mol. The van der Waals surface area contributed by atoms with Gasteiger partial charge in [0.05, 0.1) is 37.6 Å². The van der Waals surface area contributed by atoms with E-state index in [2.05, 4.69) is 13.2 Å². The van der Waals surface area contributed by atoms with Gasteiger partial charge in [-0.15, -0.1) is 0 Å². The zero-order chi connectivity index (χ0) is 42.4. The van der Waals surface area contributed by atoms with Crippen LogP contribution in [0.1, 0.15) is 72.1 Å². The van der Waals surface area contributed by atoms with E-state index in [-0.39, 0.29) is 51.2 Å². The maximum absolute atomic E-state index is 13.2. The fourth-order valence-electron chi connectivity index (χ4n) is 6.80. The average molecular weight is 823 g/mol. The van der Waals surface area contributed by atoms with E-state index in [4.69, 9.17) is 37.9 Å². The molecule has 2 aliphatic rings. The van der Waals surface area contributed by atoms with Crippen LogP contribution in [0, 0.1) is 0 Å². The molecule has 2 fully saturated rings. The molecule has 60 heavy (non-hydrogen) atoms. The maximum Gasteiger partial charge on any atom is 0.338 e. The lowest BCUT2D eigenvalue weighted by molar-refractivity contribution is -0.138. The molecule has 0 spiro atoms. The summed E-state index contributed by atoms with van der Waals surface area (Å²) in [5, 5.41) is 3.01. The van der Waals surface area contributed by atoms with Crippen LogP contribution in [0.4, 0.5) is 0 Å². The second-order valence-corrected chi connectivity index (χ2v) is 14.2. The molecule has 0 bridgehead atoms. The van der Waals surface area contributed by atoms with E-state index in [0.29, 0.717) is 61.2 Å². The van der Waals surface area contributed by atoms with Crippen LogP contribution in [-0.2, 0) is 47.6 Å². The molecule has 0 amide bonds. The van der Waals surface area contributed by atoms with Crippen molar-refractivity contribution in [3.63, 3.8) is 0 Å². The van der Waals surface area contributed by atoms with Gasteiger partial charge in [0.15, 0.2) is 12.2 Å². The highest BCUT2D eigenvalue weighted by molar-refractivity contribution is 5.97. The van der Waals surface area contributed by atoms with Crippen molar-refractivity contribution in [2.75, 3.05) is 26.4 Å². The van der Waals surface area contributed by atoms with Gasteiger partial charge in [-0.2, -0.15) is 0 Å². The molecule has 6 rings (SSSR count). The van der Waals surface area contributed by atoms with Gasteiger partial charge in [0.25, 0.3) is 0 Å². The van der Waals surface area contributed by atoms with Crippen molar-refractivity contribution in [2.24, 2.45) is 0 Å². The first kappa shape index (κ1) is 43.2. The van der Waals surface area contributed by atoms with Gasteiger partial charge in [-0.25, -0.2) is 19.2 Å². The molecule has 2 unspecified atom stereocenters. The third kappa shape index (κ3) is 11.9. The zero-order valence-corrected chi connectivity index (χ0v) is 33.0. The molecular formula is C46H46O14. The number of fused-ring (bicyclic) bond motifs is 3. The van der Waals surface area contributed by atoms with Gasteiger partial charge in [-0.05, 0) is 109 Å². The summed E-state index contributed by atoms with van der Waals surface area (Å²) in [5.41, 5.74) is 0.629. The summed E-state index contributed by atoms with van der Waals surface area (Å²) >= 11 is 0. The molecule has 0 aliphatic carbocycles. The van der Waals surface area contributed by atoms with Gasteiger partial charge in [0.1, 0.15) is 23.7 Å². The Morgan fingerprint density at radius 2 is 0.933 bits per heavy atom. The predicted octanol–water partition coefficient (Wildman–Crippen LogP) is 6.93. The summed E-state index contributed by atoms with van der Waals surface area (Å²) in [5.74, 6) is -2.07. The molecule has 2 saturated heterocycles. The fourth-order valence-corrected chi connectivity index (χ4v) is 6.80. The Hall–Kier alpha value is -6.38. The Kier molecular flexibility index (Phi) is 15.2. The lowest BCUT2D eigenvalue weighted by Crippen LogP contribution is -2.36. The van der Waals surface area contributed by atoms with Gasteiger partial charge >= 0.3 is 35.8 Å². The normalized spacial score (nSPS) is 17.9. The minimum atomic E-state index is -0.719. The van der Waals surface area contributed by atoms with E-state index < -0.39 is 48.3 Å². The SMILES string of the molecule is C=CC(=O)OCCCCCC(=O)Oc1ccc2cc(C(=O)O[C@H]3COC4C3OC[C@H]4OC(=O)c3ccc4cc(OC(=O)CCCCCOC(=O)C=C)ccc4c3)ccc2c1. The van der Waals surface area contributed by atoms with Crippen molar-refractivity contribution in [1.29, 1.82) is 0 Å². The van der Waals surface area contributed by atoms with E-state index in [1.807, 2.05) is 0 Å². The van der Waals surface area contributed by atoms with Crippen LogP contribution in [0.25, 0.3) is 21.5 Å². The van der Waals surface area contributed by atoms with Gasteiger partial charge in [-0.1, -0.05) is 37.4 Å². The average Bonchev–Trinajstić information content (AvgIpc) is 3.85. The number of carbonyl (C=O) groups excluding carboxylic acids is 6. The lowest BCUT2D eigenvalue weighted by atomic mass is 10.1. The number of ether oxygens (including phenoxy) is 8. The molecule has 4 aromatic carbocycles. The first-order valence-corrected chi connectivity index (χ1v) is 19.8. The summed E-state index contributed by atoms with van der Waals surface area (Å²) in [6.07, 6.45) is 3.82. The molecule has 314 valence electrons. The smallest absolute Gasteiger partial charge is 0.338 e. The molecule has 0 radical (unpaired) electrons. The van der Waals surface area contributed by atoms with Crippen LogP contribution in [0.15, 0.2) is 98.1 Å². The zero-order valence-electron chi connectivity index (χ0n) is 33.0. The highest BCUT2D eigenvalue weighted by Gasteiger charge is 2.51. The van der Waals surface area contributed by atoms with Crippen LogP contribution >= 0.6 is 0 Å². The van der Waals surface area contributed by atoms with E-state index in [1.54, 1.807) is 72.8 Å². The van der Waals surface area contributed by atoms with Gasteiger partial charge in [0, 0.05) is 25.0 Å². The monoisotopic (exact) mass is 822 g/mol. The Morgan fingerprint density at radius 3 is 1.35 bits per heavy atom. The topological polar surface area (TPSA) is 176 Å². The number of hydrogen-bond donors (Lipinski definition) is 0. The highest BCUT2D eigenvalue weighted by Crippen LogP contribution is 2.32. The first-order chi connectivity index (χ1) is 29.1. The van der Waals surface area contributed by atoms with Crippen LogP contribution in [-0.4, -0.2) is 86.7 Å². The minimum absolute atomic E-state index is 0.0658. The van der Waals surface area contributed by atoms with Crippen molar-refractivity contribution >= 4 is 57.4 Å². The number of carbonyl (C=O) groups is 6. The summed E-state index contributed by atoms with van der Waals surface area (Å²) in [7, 11) is 0. The largest absolute Gasteiger partial charge is 0.463 e. The standard InChI is InChI=1S/C46H46O14/c1-3-39(47)53-21-9-5-7-11-41(49)57-35-19-17-29-23-33(15-13-31(29)25-35)45(51)59-37-27-55-44-38(28-56-43(37)44)60-46(52)34-16-14-32-26-36(20-18-30(32)24-34)58-42(50)12-8-6-10-22-54-40(48)4-2/h3-4,13-20,23-26,37-38,43-44H,1-2,5-12,21-22,27-28H2/t37-,38+,43?,44?. The second-order valence-electron chi connectivity index (χ2n) is 14.2. The Bertz CT molecular complexity index is 2090. The first-order valence-electron chi connectivity index (χ1n) is 19.8. The van der Waals surface area contributed by atoms with Crippen LogP contribution < -0.4 is 9.47 Å². The van der Waals surface area contributed by atoms with Crippen LogP contribution in [0.3, 0.4) is 0 Å². The molecule has 4 aromatic rings. The summed E-state index contributed by atoms with van der Waals surface area (Å²) in [6.45, 7) is 7.36. The molecule has 2 heterocycles. The Balaban J connectivity index is 0.937. The van der Waals surface area contributed by atoms with Gasteiger partial charge in [-0.3, -0.25) is 9.59 Å². The number of unbranched alkanes of at least 4 members (excludes halogenated alkanes) is 4. The molecule has 0 aromatic heterocycles. The quantitative estimate of drug-likeness (QED) is 0.0295. The Morgan fingerprint density at radius 1 is 0.533 bits per heavy atom. The molecule has 14 nitrogen and oxygen atoms in total. The molecule has 2 aliphatic heterocycles. The van der Waals surface area contributed by atoms with Crippen molar-refractivity contribution < 1.29 is 66.7 Å². The fraction of sp³-hybridized carbons (Fsp3) is 0.348. The van der Waals surface area contributed by atoms with E-state index in [9.17, 15) is 28.8 Å². The predicted molar refractivity (Wildman–Crippen MR) is 216 cm³/mol. The minimum Gasteiger partial charge on any atom is -0.463 e. The molecule has 0 saturated carbocycles. The molecule has 0 N–H and O–H groups in total. The third-order valence-electron chi connectivity index (χ3n) is 9.91. The summed E-state index contributed by atoms with van der Waals surface area (Å²) in [4.78, 5) is 73.3.